The number of rotatable bonds is 12. The van der Waals surface area contributed by atoms with Crippen molar-refractivity contribution in [2.45, 2.75) is 67.0 Å². The number of amides is 2. The molecule has 0 fully saturated rings. The summed E-state index contributed by atoms with van der Waals surface area (Å²) in [7, 11) is -3.53. The van der Waals surface area contributed by atoms with E-state index in [1.165, 1.54) is 10.6 Å². The van der Waals surface area contributed by atoms with Gasteiger partial charge in [-0.15, -0.1) is 0 Å². The van der Waals surface area contributed by atoms with Crippen molar-refractivity contribution in [2.75, 3.05) is 23.7 Å². The van der Waals surface area contributed by atoms with Crippen LogP contribution in [0.4, 0.5) is 5.69 Å². The fraction of sp³-hybridized carbons (Fsp3) is 0.500. The van der Waals surface area contributed by atoms with Gasteiger partial charge in [0.15, 0.2) is 0 Å². The highest BCUT2D eigenvalue weighted by Gasteiger charge is 2.27. The molecule has 0 aliphatic carbocycles. The van der Waals surface area contributed by atoms with Gasteiger partial charge in [0, 0.05) is 26.1 Å². The highest BCUT2D eigenvalue weighted by Crippen LogP contribution is 2.24. The molecule has 7 nitrogen and oxygen atoms in total. The topological polar surface area (TPSA) is 86.8 Å². The molecule has 2 aromatic rings. The Morgan fingerprint density at radius 3 is 2.25 bits per heavy atom. The monoisotopic (exact) mass is 515 g/mol. The standard InChI is InChI=1S/C28H41N3O4S/c1-20(2)18-29-28(33)24(6)30(19-25-11-8-10-21(3)16-25)27(32)12-9-15-31(36(7,34)35)26-17-22(4)13-14-23(26)5/h8,10-11,13-14,16-17,20,24H,9,12,15,18-19H2,1-7H3,(H,29,33)/t24-/m0/s1. The predicted octanol–water partition coefficient (Wildman–Crippen LogP) is 4.35. The summed E-state index contributed by atoms with van der Waals surface area (Å²) < 4.78 is 26.5. The summed E-state index contributed by atoms with van der Waals surface area (Å²) in [5.74, 6) is -0.0786. The Bertz CT molecular complexity index is 1160. The van der Waals surface area contributed by atoms with Gasteiger partial charge in [-0.25, -0.2) is 8.42 Å². The van der Waals surface area contributed by atoms with Gasteiger partial charge in [0.1, 0.15) is 6.04 Å². The molecule has 198 valence electrons. The first-order valence-corrected chi connectivity index (χ1v) is 14.3. The minimum absolute atomic E-state index is 0.129. The lowest BCUT2D eigenvalue weighted by atomic mass is 10.1. The Morgan fingerprint density at radius 1 is 0.972 bits per heavy atom. The molecule has 8 heteroatoms. The number of nitrogens with zero attached hydrogens (tertiary/aromatic N) is 2. The van der Waals surface area contributed by atoms with Crippen LogP contribution in [0.1, 0.15) is 55.9 Å². The van der Waals surface area contributed by atoms with E-state index in [4.69, 9.17) is 0 Å². The molecule has 0 saturated carbocycles. The van der Waals surface area contributed by atoms with E-state index < -0.39 is 16.1 Å². The summed E-state index contributed by atoms with van der Waals surface area (Å²) in [5.41, 5.74) is 4.47. The van der Waals surface area contributed by atoms with E-state index in [9.17, 15) is 18.0 Å². The van der Waals surface area contributed by atoms with Gasteiger partial charge in [-0.2, -0.15) is 0 Å². The normalized spacial score (nSPS) is 12.3. The van der Waals surface area contributed by atoms with Crippen molar-refractivity contribution in [1.29, 1.82) is 0 Å². The highest BCUT2D eigenvalue weighted by molar-refractivity contribution is 7.92. The van der Waals surface area contributed by atoms with Gasteiger partial charge >= 0.3 is 0 Å². The maximum atomic E-state index is 13.4. The maximum absolute atomic E-state index is 13.4. The molecule has 0 aliphatic rings. The number of sulfonamides is 1. The van der Waals surface area contributed by atoms with E-state index in [-0.39, 0.29) is 24.8 Å². The van der Waals surface area contributed by atoms with Gasteiger partial charge in [-0.3, -0.25) is 13.9 Å². The second kappa shape index (κ2) is 12.9. The molecule has 0 aliphatic heterocycles. The number of benzene rings is 2. The van der Waals surface area contributed by atoms with Crippen LogP contribution in [-0.2, 0) is 26.2 Å². The zero-order chi connectivity index (χ0) is 27.0. The number of anilines is 1. The second-order valence-electron chi connectivity index (χ2n) is 10.1. The molecule has 2 amide bonds. The van der Waals surface area contributed by atoms with E-state index in [0.29, 0.717) is 31.1 Å². The third kappa shape index (κ3) is 8.66. The van der Waals surface area contributed by atoms with Crippen LogP contribution in [0.2, 0.25) is 0 Å². The molecule has 2 aromatic carbocycles. The Labute approximate surface area is 216 Å². The molecular formula is C28H41N3O4S. The first-order valence-electron chi connectivity index (χ1n) is 12.5. The lowest BCUT2D eigenvalue weighted by molar-refractivity contribution is -0.140. The first-order chi connectivity index (χ1) is 16.8. The average Bonchev–Trinajstić information content (AvgIpc) is 2.79. The quantitative estimate of drug-likeness (QED) is 0.455. The van der Waals surface area contributed by atoms with Gasteiger partial charge in [0.25, 0.3) is 0 Å². The molecule has 1 atom stereocenters. The zero-order valence-corrected chi connectivity index (χ0v) is 23.5. The predicted molar refractivity (Wildman–Crippen MR) is 146 cm³/mol. The summed E-state index contributed by atoms with van der Waals surface area (Å²) in [6, 6.07) is 12.9. The van der Waals surface area contributed by atoms with Gasteiger partial charge in [0.2, 0.25) is 21.8 Å². The van der Waals surface area contributed by atoms with Crippen molar-refractivity contribution >= 4 is 27.5 Å². The Kier molecular flexibility index (Phi) is 10.5. The van der Waals surface area contributed by atoms with E-state index >= 15 is 0 Å². The average molecular weight is 516 g/mol. The summed E-state index contributed by atoms with van der Waals surface area (Å²) in [6.07, 6.45) is 1.65. The molecule has 0 unspecified atom stereocenters. The zero-order valence-electron chi connectivity index (χ0n) is 22.7. The SMILES string of the molecule is Cc1cccc(CN(C(=O)CCCN(c2cc(C)ccc2C)S(C)(=O)=O)[C@@H](C)C(=O)NCC(C)C)c1. The Hall–Kier alpha value is -2.87. The van der Waals surface area contributed by atoms with Gasteiger partial charge in [-0.1, -0.05) is 55.8 Å². The van der Waals surface area contributed by atoms with Crippen LogP contribution < -0.4 is 9.62 Å². The third-order valence-electron chi connectivity index (χ3n) is 6.07. The van der Waals surface area contributed by atoms with Crippen molar-refractivity contribution in [3.05, 3.63) is 64.7 Å². The van der Waals surface area contributed by atoms with Crippen molar-refractivity contribution in [3.8, 4) is 0 Å². The van der Waals surface area contributed by atoms with Crippen LogP contribution in [0.3, 0.4) is 0 Å². The molecule has 1 N–H and O–H groups in total. The third-order valence-corrected chi connectivity index (χ3v) is 7.25. The highest BCUT2D eigenvalue weighted by atomic mass is 32.2. The molecule has 0 spiro atoms. The number of hydrogen-bond acceptors (Lipinski definition) is 4. The second-order valence-corrected chi connectivity index (χ2v) is 12.0. The number of carbonyl (C=O) groups is 2. The molecule has 36 heavy (non-hydrogen) atoms. The Morgan fingerprint density at radius 2 is 1.64 bits per heavy atom. The van der Waals surface area contributed by atoms with E-state index in [1.54, 1.807) is 11.8 Å². The lowest BCUT2D eigenvalue weighted by Crippen LogP contribution is -2.48. The fourth-order valence-corrected chi connectivity index (χ4v) is 5.03. The van der Waals surface area contributed by atoms with Gasteiger partial charge < -0.3 is 10.2 Å². The fourth-order valence-electron chi connectivity index (χ4n) is 4.01. The largest absolute Gasteiger partial charge is 0.354 e. The molecule has 0 bridgehead atoms. The number of carbonyl (C=O) groups excluding carboxylic acids is 2. The smallest absolute Gasteiger partial charge is 0.242 e. The van der Waals surface area contributed by atoms with E-state index in [0.717, 1.165) is 22.3 Å². The van der Waals surface area contributed by atoms with Gasteiger partial charge in [-0.05, 0) is 62.8 Å². The molecular weight excluding hydrogens is 474 g/mol. The van der Waals surface area contributed by atoms with Crippen LogP contribution >= 0.6 is 0 Å². The van der Waals surface area contributed by atoms with E-state index in [2.05, 4.69) is 5.32 Å². The van der Waals surface area contributed by atoms with E-state index in [1.807, 2.05) is 77.1 Å². The first kappa shape index (κ1) is 29.4. The molecule has 2 rings (SSSR count). The maximum Gasteiger partial charge on any atom is 0.242 e. The van der Waals surface area contributed by atoms with Crippen LogP contribution in [0.25, 0.3) is 0 Å². The molecule has 0 heterocycles. The molecule has 0 saturated heterocycles. The van der Waals surface area contributed by atoms with Crippen molar-refractivity contribution in [2.24, 2.45) is 5.92 Å². The van der Waals surface area contributed by atoms with Crippen molar-refractivity contribution in [1.82, 2.24) is 10.2 Å². The van der Waals surface area contributed by atoms with Crippen LogP contribution in [-0.4, -0.2) is 50.5 Å². The summed E-state index contributed by atoms with van der Waals surface area (Å²) in [4.78, 5) is 27.8. The lowest BCUT2D eigenvalue weighted by Gasteiger charge is -2.30. The minimum Gasteiger partial charge on any atom is -0.354 e. The van der Waals surface area contributed by atoms with Crippen LogP contribution in [0.5, 0.6) is 0 Å². The summed E-state index contributed by atoms with van der Waals surface area (Å²) in [5, 5.41) is 2.92. The molecule has 0 aromatic heterocycles. The van der Waals surface area contributed by atoms with Gasteiger partial charge in [0.05, 0.1) is 11.9 Å². The minimum atomic E-state index is -3.53. The number of aryl methyl sites for hydroxylation is 3. The van der Waals surface area contributed by atoms with Crippen molar-refractivity contribution in [3.63, 3.8) is 0 Å². The summed E-state index contributed by atoms with van der Waals surface area (Å²) >= 11 is 0. The number of nitrogens with one attached hydrogen (secondary N) is 1. The van der Waals surface area contributed by atoms with Crippen LogP contribution in [0.15, 0.2) is 42.5 Å². The van der Waals surface area contributed by atoms with Crippen molar-refractivity contribution < 1.29 is 18.0 Å². The Balaban J connectivity index is 2.19. The molecule has 0 radical (unpaired) electrons. The number of hydrogen-bond donors (Lipinski definition) is 1. The van der Waals surface area contributed by atoms with Crippen LogP contribution in [0, 0.1) is 26.7 Å². The summed E-state index contributed by atoms with van der Waals surface area (Å²) in [6.45, 7) is 12.6.